The second-order valence-corrected chi connectivity index (χ2v) is 9.83. The van der Waals surface area contributed by atoms with Crippen LogP contribution in [0.1, 0.15) is 37.3 Å². The van der Waals surface area contributed by atoms with Gasteiger partial charge in [0.15, 0.2) is 5.50 Å². The summed E-state index contributed by atoms with van der Waals surface area (Å²) in [5.74, 6) is 1.87. The van der Waals surface area contributed by atoms with Gasteiger partial charge in [0.2, 0.25) is 0 Å². The Morgan fingerprint density at radius 3 is 2.60 bits per heavy atom. The number of likely N-dealkylation sites (tertiary alicyclic amines) is 1. The van der Waals surface area contributed by atoms with E-state index in [9.17, 15) is 10.2 Å². The summed E-state index contributed by atoms with van der Waals surface area (Å²) in [6.07, 6.45) is 3.50. The van der Waals surface area contributed by atoms with E-state index < -0.39 is 0 Å². The molecule has 2 aliphatic rings. The summed E-state index contributed by atoms with van der Waals surface area (Å²) < 4.78 is 12.1. The van der Waals surface area contributed by atoms with Crippen LogP contribution in [-0.2, 0) is 0 Å². The molecule has 2 atom stereocenters. The van der Waals surface area contributed by atoms with Gasteiger partial charge in [0.25, 0.3) is 0 Å². The molecule has 0 aromatic heterocycles. The van der Waals surface area contributed by atoms with Crippen molar-refractivity contribution in [1.82, 2.24) is 0 Å². The van der Waals surface area contributed by atoms with Crippen LogP contribution in [0.15, 0.2) is 60.7 Å². The highest BCUT2D eigenvalue weighted by atomic mass is 35.5. The lowest BCUT2D eigenvalue weighted by atomic mass is 9.88. The molecule has 0 bridgehead atoms. The number of quaternary nitrogens is 1. The van der Waals surface area contributed by atoms with Crippen molar-refractivity contribution in [2.75, 3.05) is 26.3 Å². The number of benzene rings is 3. The molecule has 3 N–H and O–H groups in total. The average molecular weight is 493 g/mol. The maximum Gasteiger partial charge on any atom is 0.163 e. The summed E-state index contributed by atoms with van der Waals surface area (Å²) in [7, 11) is 0. The van der Waals surface area contributed by atoms with Gasteiger partial charge in [-0.2, -0.15) is 0 Å². The molecule has 182 valence electrons. The topological polar surface area (TPSA) is 63.4 Å². The Balaban J connectivity index is 1.42. The van der Waals surface area contributed by atoms with Crippen LogP contribution in [-0.4, -0.2) is 42.0 Å². The van der Waals surface area contributed by atoms with Crippen LogP contribution >= 0.6 is 11.6 Å². The van der Waals surface area contributed by atoms with E-state index in [4.69, 9.17) is 21.1 Å². The van der Waals surface area contributed by atoms with E-state index in [-0.39, 0.29) is 17.0 Å². The monoisotopic (exact) mass is 492 g/mol. The summed E-state index contributed by atoms with van der Waals surface area (Å²) in [6, 6.07) is 18.6. The Kier molecular flexibility index (Phi) is 6.89. The van der Waals surface area contributed by atoms with Crippen molar-refractivity contribution in [2.24, 2.45) is 0 Å². The third-order valence-electron chi connectivity index (χ3n) is 7.01. The molecule has 0 spiro atoms. The average Bonchev–Trinajstić information content (AvgIpc) is 2.86. The number of aromatic hydroxyl groups is 2. The number of phenols is 2. The number of phenolic OH excluding ortho intramolecular Hbond substituents is 2. The fraction of sp³-hybridized carbons (Fsp3) is 0.310. The largest absolute Gasteiger partial charge is 0.508 e. The van der Waals surface area contributed by atoms with Crippen molar-refractivity contribution in [1.29, 1.82) is 0 Å². The number of piperidine rings is 1. The molecule has 35 heavy (non-hydrogen) atoms. The number of hydrogen-bond donors (Lipinski definition) is 3. The first kappa shape index (κ1) is 23.6. The number of hydrogen-bond acceptors (Lipinski definition) is 4. The van der Waals surface area contributed by atoms with Gasteiger partial charge in [-0.25, -0.2) is 0 Å². The van der Waals surface area contributed by atoms with Gasteiger partial charge in [-0.3, -0.25) is 0 Å². The summed E-state index contributed by atoms with van der Waals surface area (Å²) in [5.41, 5.74) is 6.15. The van der Waals surface area contributed by atoms with Crippen molar-refractivity contribution in [3.05, 3.63) is 71.8 Å². The van der Waals surface area contributed by atoms with Gasteiger partial charge in [-0.1, -0.05) is 29.8 Å². The maximum absolute atomic E-state index is 10.3. The second kappa shape index (κ2) is 10.2. The molecule has 0 radical (unpaired) electrons. The van der Waals surface area contributed by atoms with E-state index in [2.05, 4.69) is 6.92 Å². The lowest BCUT2D eigenvalue weighted by Crippen LogP contribution is -3.16. The van der Waals surface area contributed by atoms with Gasteiger partial charge >= 0.3 is 0 Å². The minimum atomic E-state index is 0.178. The summed E-state index contributed by atoms with van der Waals surface area (Å²) in [6.45, 7) is 5.04. The third kappa shape index (κ3) is 5.12. The predicted octanol–water partition coefficient (Wildman–Crippen LogP) is 5.10. The van der Waals surface area contributed by atoms with E-state index in [0.717, 1.165) is 58.7 Å². The molecule has 5 nitrogen and oxygen atoms in total. The Morgan fingerprint density at radius 1 is 0.971 bits per heavy atom. The first-order chi connectivity index (χ1) is 17.0. The molecule has 0 amide bonds. The van der Waals surface area contributed by atoms with Gasteiger partial charge in [-0.15, -0.1) is 0 Å². The van der Waals surface area contributed by atoms with Crippen LogP contribution in [0.3, 0.4) is 0 Å². The molecule has 0 aliphatic carbocycles. The highest BCUT2D eigenvalue weighted by Gasteiger charge is 2.24. The summed E-state index contributed by atoms with van der Waals surface area (Å²) >= 11 is 6.48. The summed E-state index contributed by atoms with van der Waals surface area (Å²) in [4.78, 5) is 1.40. The molecule has 2 aliphatic heterocycles. The van der Waals surface area contributed by atoms with Gasteiger partial charge in [0, 0.05) is 23.6 Å². The van der Waals surface area contributed by atoms with Gasteiger partial charge in [0.1, 0.15) is 42.8 Å². The van der Waals surface area contributed by atoms with Gasteiger partial charge < -0.3 is 24.6 Å². The molecular weight excluding hydrogens is 462 g/mol. The predicted molar refractivity (Wildman–Crippen MR) is 139 cm³/mol. The normalized spacial score (nSPS) is 19.7. The van der Waals surface area contributed by atoms with Crippen molar-refractivity contribution in [3.8, 4) is 34.1 Å². The lowest BCUT2D eigenvalue weighted by molar-refractivity contribution is -0.917. The number of nitrogens with one attached hydrogen (secondary N) is 1. The number of alkyl halides is 1. The second-order valence-electron chi connectivity index (χ2n) is 9.30. The zero-order chi connectivity index (χ0) is 24.4. The molecule has 5 rings (SSSR count). The van der Waals surface area contributed by atoms with Gasteiger partial charge in [-0.05, 0) is 78.4 Å². The zero-order valence-electron chi connectivity index (χ0n) is 19.9. The Hall–Kier alpha value is -3.15. The van der Waals surface area contributed by atoms with Crippen LogP contribution in [0.25, 0.3) is 22.3 Å². The van der Waals surface area contributed by atoms with E-state index in [1.165, 1.54) is 17.7 Å². The Labute approximate surface area is 211 Å². The molecule has 1 fully saturated rings. The highest BCUT2D eigenvalue weighted by Crippen LogP contribution is 2.42. The summed E-state index contributed by atoms with van der Waals surface area (Å²) in [5, 5.41) is 20.1. The van der Waals surface area contributed by atoms with Crippen LogP contribution in [0, 0.1) is 0 Å². The Morgan fingerprint density at radius 2 is 1.77 bits per heavy atom. The van der Waals surface area contributed by atoms with Crippen LogP contribution < -0.4 is 14.4 Å². The number of fused-ring (bicyclic) bond motifs is 1. The molecule has 2 unspecified atom stereocenters. The standard InChI is InChI=1S/C29H30ClNO4/c1-19-24-10-8-22(33)17-28(24)35-18-27(19)25-11-9-21(32)16-26(25)20-5-4-6-23(15-20)34-14-13-31-12-3-2-7-29(31)30/h4-6,8-11,15-17,29,32-33H,2-3,7,12-14,18H2,1H3/p+1. The van der Waals surface area contributed by atoms with Crippen molar-refractivity contribution < 1.29 is 24.6 Å². The van der Waals surface area contributed by atoms with Crippen LogP contribution in [0.2, 0.25) is 0 Å². The molecule has 3 aromatic carbocycles. The minimum Gasteiger partial charge on any atom is -0.508 e. The number of allylic oxidation sites excluding steroid dienone is 1. The SMILES string of the molecule is CC1=C(c2ccc(O)cc2-c2cccc(OCC[NH+]3CCCCC3Cl)c2)COc2cc(O)ccc21. The van der Waals surface area contributed by atoms with Crippen molar-refractivity contribution in [3.63, 3.8) is 0 Å². The molecule has 3 aromatic rings. The molecule has 6 heteroatoms. The fourth-order valence-electron chi connectivity index (χ4n) is 5.05. The van der Waals surface area contributed by atoms with E-state index in [1.807, 2.05) is 36.4 Å². The maximum atomic E-state index is 10.3. The van der Waals surface area contributed by atoms with E-state index >= 15 is 0 Å². The van der Waals surface area contributed by atoms with E-state index in [0.29, 0.717) is 19.0 Å². The van der Waals surface area contributed by atoms with Crippen molar-refractivity contribution in [2.45, 2.75) is 31.7 Å². The first-order valence-electron chi connectivity index (χ1n) is 12.2. The molecular formula is C29H31ClNO4+. The van der Waals surface area contributed by atoms with Crippen molar-refractivity contribution >= 4 is 22.7 Å². The van der Waals surface area contributed by atoms with Gasteiger partial charge in [0.05, 0.1) is 6.54 Å². The smallest absolute Gasteiger partial charge is 0.163 e. The van der Waals surface area contributed by atoms with E-state index in [1.54, 1.807) is 24.3 Å². The number of ether oxygens (including phenoxy) is 2. The lowest BCUT2D eigenvalue weighted by Gasteiger charge is -2.28. The molecule has 2 heterocycles. The van der Waals surface area contributed by atoms with Crippen LogP contribution in [0.5, 0.6) is 23.0 Å². The zero-order valence-corrected chi connectivity index (χ0v) is 20.6. The highest BCUT2D eigenvalue weighted by molar-refractivity contribution is 6.19. The number of rotatable bonds is 6. The molecule has 0 saturated carbocycles. The first-order valence-corrected chi connectivity index (χ1v) is 12.6. The quantitative estimate of drug-likeness (QED) is 0.331. The molecule has 1 saturated heterocycles. The van der Waals surface area contributed by atoms with Crippen LogP contribution in [0.4, 0.5) is 0 Å². The Bertz CT molecular complexity index is 1260. The third-order valence-corrected chi connectivity index (χ3v) is 7.53. The fourth-order valence-corrected chi connectivity index (χ4v) is 5.42. The number of halogens is 1. The minimum absolute atomic E-state index is 0.178.